The molecule has 0 fully saturated rings. The number of hydrogen-bond donors (Lipinski definition) is 1. The van der Waals surface area contributed by atoms with E-state index in [4.69, 9.17) is 9.47 Å². The van der Waals surface area contributed by atoms with Crippen LogP contribution in [0.15, 0.2) is 24.5 Å². The van der Waals surface area contributed by atoms with E-state index in [0.29, 0.717) is 11.5 Å². The molecule has 0 aliphatic rings. The van der Waals surface area contributed by atoms with Crippen molar-refractivity contribution in [2.75, 3.05) is 12.9 Å². The molecule has 1 atom stereocenters. The quantitative estimate of drug-likeness (QED) is 0.809. The Morgan fingerprint density at radius 1 is 1.32 bits per heavy atom. The second kappa shape index (κ2) is 8.63. The first kappa shape index (κ1) is 18.3. The van der Waals surface area contributed by atoms with E-state index in [1.165, 1.54) is 18.9 Å². The fourth-order valence-electron chi connectivity index (χ4n) is 1.53. The van der Waals surface area contributed by atoms with Gasteiger partial charge >= 0.3 is 12.1 Å². The van der Waals surface area contributed by atoms with Gasteiger partial charge in [0.25, 0.3) is 0 Å². The molecule has 0 saturated heterocycles. The first-order chi connectivity index (χ1) is 10.3. The number of amides is 1. The normalized spacial score (nSPS) is 12.4. The number of carbonyl (C=O) groups excluding carboxylic acids is 2. The van der Waals surface area contributed by atoms with E-state index in [0.717, 1.165) is 5.56 Å². The predicted octanol–water partition coefficient (Wildman–Crippen LogP) is 2.38. The average molecular weight is 326 g/mol. The van der Waals surface area contributed by atoms with Crippen molar-refractivity contribution in [2.24, 2.45) is 0 Å². The monoisotopic (exact) mass is 326 g/mol. The van der Waals surface area contributed by atoms with Crippen LogP contribution in [0.1, 0.15) is 26.3 Å². The van der Waals surface area contributed by atoms with Crippen molar-refractivity contribution in [1.82, 2.24) is 10.3 Å². The van der Waals surface area contributed by atoms with Gasteiger partial charge in [-0.1, -0.05) is 0 Å². The number of aromatic nitrogens is 1. The summed E-state index contributed by atoms with van der Waals surface area (Å²) in [6.45, 7) is 5.29. The van der Waals surface area contributed by atoms with E-state index in [-0.39, 0.29) is 0 Å². The lowest BCUT2D eigenvalue weighted by Gasteiger charge is -2.22. The van der Waals surface area contributed by atoms with Gasteiger partial charge in [-0.15, -0.1) is 0 Å². The Labute approximate surface area is 135 Å². The van der Waals surface area contributed by atoms with Crippen LogP contribution in [0.5, 0.6) is 0 Å². The van der Waals surface area contributed by atoms with Crippen LogP contribution in [-0.2, 0) is 20.0 Å². The summed E-state index contributed by atoms with van der Waals surface area (Å²) in [5.41, 5.74) is 0.482. The first-order valence-corrected chi connectivity index (χ1v) is 8.01. The molecule has 0 spiro atoms. The van der Waals surface area contributed by atoms with Crippen molar-refractivity contribution >= 4 is 23.8 Å². The number of ether oxygens (including phenoxy) is 2. The summed E-state index contributed by atoms with van der Waals surface area (Å²) in [5.74, 6) is 0.619. The van der Waals surface area contributed by atoms with Crippen LogP contribution in [-0.4, -0.2) is 41.6 Å². The van der Waals surface area contributed by atoms with Gasteiger partial charge in [0.05, 0.1) is 7.11 Å². The molecule has 1 amide bonds. The van der Waals surface area contributed by atoms with Gasteiger partial charge < -0.3 is 14.8 Å². The van der Waals surface area contributed by atoms with Crippen molar-refractivity contribution in [2.45, 2.75) is 38.2 Å². The molecule has 1 heterocycles. The van der Waals surface area contributed by atoms with Crippen molar-refractivity contribution in [3.05, 3.63) is 30.1 Å². The zero-order valence-electron chi connectivity index (χ0n) is 13.3. The zero-order chi connectivity index (χ0) is 16.6. The van der Waals surface area contributed by atoms with Crippen molar-refractivity contribution in [3.63, 3.8) is 0 Å². The molecule has 7 heteroatoms. The number of thioether (sulfide) groups is 1. The third kappa shape index (κ3) is 7.31. The van der Waals surface area contributed by atoms with Crippen molar-refractivity contribution < 1.29 is 19.1 Å². The van der Waals surface area contributed by atoms with Gasteiger partial charge in [-0.3, -0.25) is 4.98 Å². The average Bonchev–Trinajstić information content (AvgIpc) is 2.44. The summed E-state index contributed by atoms with van der Waals surface area (Å²) in [6, 6.07) is 3.06. The summed E-state index contributed by atoms with van der Waals surface area (Å²) < 4.78 is 9.87. The molecule has 1 N–H and O–H groups in total. The van der Waals surface area contributed by atoms with Crippen LogP contribution in [0.2, 0.25) is 0 Å². The maximum absolute atomic E-state index is 11.8. The second-order valence-electron chi connectivity index (χ2n) is 5.59. The molecule has 122 valence electrons. The lowest BCUT2D eigenvalue weighted by Crippen LogP contribution is -2.45. The summed E-state index contributed by atoms with van der Waals surface area (Å²) in [7, 11) is 1.29. The minimum atomic E-state index is -0.744. The highest BCUT2D eigenvalue weighted by Crippen LogP contribution is 2.13. The Hall–Kier alpha value is -1.76. The van der Waals surface area contributed by atoms with Crippen LogP contribution in [0.25, 0.3) is 0 Å². The highest BCUT2D eigenvalue weighted by atomic mass is 32.2. The summed E-state index contributed by atoms with van der Waals surface area (Å²) >= 11 is 1.52. The molecule has 0 aliphatic heterocycles. The molecular weight excluding hydrogens is 304 g/mol. The Balaban J connectivity index is 2.50. The third-order valence-electron chi connectivity index (χ3n) is 2.48. The smallest absolute Gasteiger partial charge is 0.408 e. The van der Waals surface area contributed by atoms with Gasteiger partial charge in [0.1, 0.15) is 11.6 Å². The van der Waals surface area contributed by atoms with Crippen LogP contribution in [0.4, 0.5) is 4.79 Å². The summed E-state index contributed by atoms with van der Waals surface area (Å²) in [6.07, 6.45) is 2.80. The van der Waals surface area contributed by atoms with Crippen LogP contribution >= 0.6 is 11.8 Å². The molecule has 1 aromatic rings. The standard InChI is InChI=1S/C15H22N2O4S/c1-15(2,3)21-14(19)17-12(13(18)20-4)10-22-9-11-5-7-16-8-6-11/h5-8,12H,9-10H2,1-4H3,(H,17,19). The Bertz CT molecular complexity index is 488. The minimum absolute atomic E-state index is 0.397. The van der Waals surface area contributed by atoms with E-state index in [2.05, 4.69) is 10.3 Å². The number of nitrogens with zero attached hydrogens (tertiary/aromatic N) is 1. The maximum Gasteiger partial charge on any atom is 0.408 e. The number of alkyl carbamates (subject to hydrolysis) is 1. The minimum Gasteiger partial charge on any atom is -0.467 e. The number of hydrogen-bond acceptors (Lipinski definition) is 6. The molecular formula is C15H22N2O4S. The molecule has 0 saturated carbocycles. The maximum atomic E-state index is 11.8. The second-order valence-corrected chi connectivity index (χ2v) is 6.62. The van der Waals surface area contributed by atoms with E-state index in [1.807, 2.05) is 12.1 Å². The molecule has 0 radical (unpaired) electrons. The van der Waals surface area contributed by atoms with E-state index in [1.54, 1.807) is 33.2 Å². The van der Waals surface area contributed by atoms with Crippen molar-refractivity contribution in [1.29, 1.82) is 0 Å². The fourth-order valence-corrected chi connectivity index (χ4v) is 2.54. The lowest BCUT2D eigenvalue weighted by molar-refractivity contribution is -0.142. The first-order valence-electron chi connectivity index (χ1n) is 6.86. The Kier molecular flexibility index (Phi) is 7.17. The van der Waals surface area contributed by atoms with Gasteiger partial charge in [0.2, 0.25) is 0 Å². The topological polar surface area (TPSA) is 77.5 Å². The van der Waals surface area contributed by atoms with Gasteiger partial charge in [0.15, 0.2) is 0 Å². The lowest BCUT2D eigenvalue weighted by atomic mass is 10.2. The fraction of sp³-hybridized carbons (Fsp3) is 0.533. The highest BCUT2D eigenvalue weighted by molar-refractivity contribution is 7.98. The molecule has 1 rings (SSSR count). The van der Waals surface area contributed by atoms with Crippen LogP contribution in [0, 0.1) is 0 Å². The molecule has 0 aromatic carbocycles. The molecule has 22 heavy (non-hydrogen) atoms. The number of esters is 1. The van der Waals surface area contributed by atoms with Gasteiger partial charge in [0, 0.05) is 23.9 Å². The summed E-state index contributed by atoms with van der Waals surface area (Å²) in [5, 5.41) is 2.54. The number of rotatable bonds is 6. The molecule has 0 aliphatic carbocycles. The number of methoxy groups -OCH3 is 1. The zero-order valence-corrected chi connectivity index (χ0v) is 14.1. The predicted molar refractivity (Wildman–Crippen MR) is 85.6 cm³/mol. The number of carbonyl (C=O) groups is 2. The number of pyridine rings is 1. The van der Waals surface area contributed by atoms with Gasteiger partial charge in [-0.05, 0) is 38.5 Å². The van der Waals surface area contributed by atoms with Crippen LogP contribution < -0.4 is 5.32 Å². The van der Waals surface area contributed by atoms with Crippen molar-refractivity contribution in [3.8, 4) is 0 Å². The molecule has 6 nitrogen and oxygen atoms in total. The van der Waals surface area contributed by atoms with Gasteiger partial charge in [-0.2, -0.15) is 11.8 Å². The van der Waals surface area contributed by atoms with Gasteiger partial charge in [-0.25, -0.2) is 9.59 Å². The largest absolute Gasteiger partial charge is 0.467 e. The van der Waals surface area contributed by atoms with E-state index < -0.39 is 23.7 Å². The Morgan fingerprint density at radius 2 is 1.95 bits per heavy atom. The highest BCUT2D eigenvalue weighted by Gasteiger charge is 2.24. The Morgan fingerprint density at radius 3 is 2.50 bits per heavy atom. The van der Waals surface area contributed by atoms with E-state index in [9.17, 15) is 9.59 Å². The molecule has 1 unspecified atom stereocenters. The molecule has 1 aromatic heterocycles. The molecule has 0 bridgehead atoms. The van der Waals surface area contributed by atoms with Crippen LogP contribution in [0.3, 0.4) is 0 Å². The number of nitrogens with one attached hydrogen (secondary N) is 1. The SMILES string of the molecule is COC(=O)C(CSCc1ccncc1)NC(=O)OC(C)(C)C. The summed E-state index contributed by atoms with van der Waals surface area (Å²) in [4.78, 5) is 27.5. The van der Waals surface area contributed by atoms with E-state index >= 15 is 0 Å². The third-order valence-corrected chi connectivity index (χ3v) is 3.59.